The lowest BCUT2D eigenvalue weighted by molar-refractivity contribution is 0.526. The zero-order valence-electron chi connectivity index (χ0n) is 13.7. The molecule has 2 aromatic rings. The molecule has 0 atom stereocenters. The molecule has 0 spiro atoms. The van der Waals surface area contributed by atoms with Gasteiger partial charge in [-0.1, -0.05) is 12.1 Å². The minimum Gasteiger partial charge on any atom is -0.268 e. The maximum atomic E-state index is 12.9. The van der Waals surface area contributed by atoms with Crippen molar-refractivity contribution in [1.82, 2.24) is 14.5 Å². The molecule has 0 saturated carbocycles. The number of fused-ring (bicyclic) bond motifs is 1. The summed E-state index contributed by atoms with van der Waals surface area (Å²) in [5.74, 6) is -0.647. The number of aromatic nitrogens is 2. The van der Waals surface area contributed by atoms with Gasteiger partial charge in [0.2, 0.25) is 10.0 Å². The molecular formula is C17H20FN3O3S. The molecule has 1 aromatic carbocycles. The Morgan fingerprint density at radius 3 is 2.64 bits per heavy atom. The summed E-state index contributed by atoms with van der Waals surface area (Å²) in [6.45, 7) is 0.254. The summed E-state index contributed by atoms with van der Waals surface area (Å²) in [7, 11) is -3.56. The molecule has 0 saturated heterocycles. The molecule has 0 unspecified atom stereocenters. The van der Waals surface area contributed by atoms with Crippen molar-refractivity contribution in [2.75, 3.05) is 6.54 Å². The van der Waals surface area contributed by atoms with Crippen LogP contribution in [0.3, 0.4) is 0 Å². The Morgan fingerprint density at radius 1 is 1.16 bits per heavy atom. The monoisotopic (exact) mass is 365 g/mol. The van der Waals surface area contributed by atoms with E-state index in [1.54, 1.807) is 6.07 Å². The second kappa shape index (κ2) is 7.45. The van der Waals surface area contributed by atoms with Crippen molar-refractivity contribution in [2.45, 2.75) is 38.0 Å². The first-order valence-electron chi connectivity index (χ1n) is 8.25. The molecule has 0 bridgehead atoms. The fourth-order valence-corrected chi connectivity index (χ4v) is 4.05. The van der Waals surface area contributed by atoms with Gasteiger partial charge in [0.1, 0.15) is 5.82 Å². The van der Waals surface area contributed by atoms with Crippen molar-refractivity contribution in [3.05, 3.63) is 63.3 Å². The molecule has 25 heavy (non-hydrogen) atoms. The number of benzene rings is 1. The van der Waals surface area contributed by atoms with Crippen molar-refractivity contribution >= 4 is 10.0 Å². The molecule has 3 rings (SSSR count). The van der Waals surface area contributed by atoms with Gasteiger partial charge in [-0.05, 0) is 48.9 Å². The molecule has 134 valence electrons. The first kappa shape index (κ1) is 17.8. The number of nitrogens with zero attached hydrogens (tertiary/aromatic N) is 2. The molecule has 1 heterocycles. The number of nitrogens with one attached hydrogen (secondary N) is 1. The van der Waals surface area contributed by atoms with Crippen LogP contribution < -0.4 is 10.3 Å². The molecule has 0 radical (unpaired) electrons. The number of aryl methyl sites for hydroxylation is 2. The van der Waals surface area contributed by atoms with Crippen LogP contribution in [0.15, 0.2) is 35.1 Å². The Balaban J connectivity index is 1.60. The van der Waals surface area contributed by atoms with Crippen molar-refractivity contribution in [3.63, 3.8) is 0 Å². The first-order valence-corrected chi connectivity index (χ1v) is 9.90. The van der Waals surface area contributed by atoms with Gasteiger partial charge in [0, 0.05) is 12.6 Å². The molecule has 1 aliphatic rings. The average molecular weight is 365 g/mol. The highest BCUT2D eigenvalue weighted by atomic mass is 32.2. The van der Waals surface area contributed by atoms with Gasteiger partial charge in [0.05, 0.1) is 18.0 Å². The fraction of sp³-hybridized carbons (Fsp3) is 0.412. The molecule has 0 aliphatic heterocycles. The fourth-order valence-electron chi connectivity index (χ4n) is 2.92. The van der Waals surface area contributed by atoms with Crippen LogP contribution in [0.25, 0.3) is 0 Å². The van der Waals surface area contributed by atoms with Gasteiger partial charge in [-0.15, -0.1) is 0 Å². The van der Waals surface area contributed by atoms with Gasteiger partial charge in [0.25, 0.3) is 5.56 Å². The Bertz CT molecular complexity index is 908. The Kier molecular flexibility index (Phi) is 5.29. The Labute approximate surface area is 145 Å². The zero-order valence-corrected chi connectivity index (χ0v) is 14.6. The van der Waals surface area contributed by atoms with E-state index in [0.29, 0.717) is 5.56 Å². The van der Waals surface area contributed by atoms with Gasteiger partial charge in [0.15, 0.2) is 0 Å². The van der Waals surface area contributed by atoms with Gasteiger partial charge in [-0.2, -0.15) is 5.10 Å². The highest BCUT2D eigenvalue weighted by Gasteiger charge is 2.14. The molecule has 8 heteroatoms. The molecule has 1 aliphatic carbocycles. The summed E-state index contributed by atoms with van der Waals surface area (Å²) < 4.78 is 40.8. The van der Waals surface area contributed by atoms with Gasteiger partial charge in [-0.3, -0.25) is 4.79 Å². The Morgan fingerprint density at radius 2 is 1.88 bits per heavy atom. The summed E-state index contributed by atoms with van der Waals surface area (Å²) >= 11 is 0. The highest BCUT2D eigenvalue weighted by molar-refractivity contribution is 7.88. The van der Waals surface area contributed by atoms with E-state index < -0.39 is 15.8 Å². The second-order valence-corrected chi connectivity index (χ2v) is 7.97. The van der Waals surface area contributed by atoms with Crippen LogP contribution >= 0.6 is 0 Å². The molecule has 1 aromatic heterocycles. The van der Waals surface area contributed by atoms with Crippen molar-refractivity contribution in [3.8, 4) is 0 Å². The third kappa shape index (κ3) is 4.73. The predicted octanol–water partition coefficient (Wildman–Crippen LogP) is 1.38. The highest BCUT2D eigenvalue weighted by Crippen LogP contribution is 2.16. The van der Waals surface area contributed by atoms with Crippen molar-refractivity contribution < 1.29 is 12.8 Å². The quantitative estimate of drug-likeness (QED) is 0.839. The van der Waals surface area contributed by atoms with E-state index in [9.17, 15) is 17.6 Å². The summed E-state index contributed by atoms with van der Waals surface area (Å²) in [5, 5.41) is 4.35. The van der Waals surface area contributed by atoms with E-state index in [4.69, 9.17) is 0 Å². The predicted molar refractivity (Wildman–Crippen MR) is 92.2 cm³/mol. The van der Waals surface area contributed by atoms with Gasteiger partial charge < -0.3 is 0 Å². The largest absolute Gasteiger partial charge is 0.268 e. The minimum atomic E-state index is -3.56. The lowest BCUT2D eigenvalue weighted by Gasteiger charge is -2.16. The maximum absolute atomic E-state index is 12.9. The van der Waals surface area contributed by atoms with Crippen LogP contribution in [-0.2, 0) is 35.2 Å². The van der Waals surface area contributed by atoms with Crippen LogP contribution in [-0.4, -0.2) is 24.7 Å². The standard InChI is InChI=1S/C17H20FN3O3S/c18-15-7-5-13(6-8-15)12-25(23,24)19-9-10-21-17(22)11-14-3-1-2-4-16(14)20-21/h5-8,11,19H,1-4,9-10,12H2. The Hall–Kier alpha value is -2.06. The number of hydrogen-bond acceptors (Lipinski definition) is 4. The summed E-state index contributed by atoms with van der Waals surface area (Å²) in [4.78, 5) is 12.1. The molecular weight excluding hydrogens is 345 g/mol. The van der Waals surface area contributed by atoms with E-state index in [-0.39, 0.29) is 24.4 Å². The zero-order chi connectivity index (χ0) is 17.9. The molecule has 0 amide bonds. The van der Waals surface area contributed by atoms with Crippen LogP contribution in [0.4, 0.5) is 4.39 Å². The first-order chi connectivity index (χ1) is 11.9. The van der Waals surface area contributed by atoms with Crippen LogP contribution in [0.1, 0.15) is 29.7 Å². The van der Waals surface area contributed by atoms with E-state index >= 15 is 0 Å². The van der Waals surface area contributed by atoms with E-state index in [1.165, 1.54) is 28.9 Å². The summed E-state index contributed by atoms with van der Waals surface area (Å²) in [6, 6.07) is 6.92. The number of sulfonamides is 1. The number of hydrogen-bond donors (Lipinski definition) is 1. The topological polar surface area (TPSA) is 81.1 Å². The van der Waals surface area contributed by atoms with Crippen LogP contribution in [0.2, 0.25) is 0 Å². The van der Waals surface area contributed by atoms with Crippen molar-refractivity contribution in [2.24, 2.45) is 0 Å². The third-order valence-corrected chi connectivity index (χ3v) is 5.55. The second-order valence-electron chi connectivity index (χ2n) is 6.16. The van der Waals surface area contributed by atoms with Crippen LogP contribution in [0, 0.1) is 5.82 Å². The third-order valence-electron chi connectivity index (χ3n) is 4.19. The van der Waals surface area contributed by atoms with E-state index in [2.05, 4.69) is 9.82 Å². The molecule has 0 fully saturated rings. The average Bonchev–Trinajstić information content (AvgIpc) is 2.57. The molecule has 6 nitrogen and oxygen atoms in total. The van der Waals surface area contributed by atoms with Crippen molar-refractivity contribution in [1.29, 1.82) is 0 Å². The van der Waals surface area contributed by atoms with Crippen LogP contribution in [0.5, 0.6) is 0 Å². The van der Waals surface area contributed by atoms with Gasteiger partial charge in [-0.25, -0.2) is 22.2 Å². The number of rotatable bonds is 6. The smallest absolute Gasteiger partial charge is 0.267 e. The van der Waals surface area contributed by atoms with E-state index in [1.807, 2.05) is 0 Å². The van der Waals surface area contributed by atoms with E-state index in [0.717, 1.165) is 36.9 Å². The lowest BCUT2D eigenvalue weighted by Crippen LogP contribution is -2.33. The SMILES string of the molecule is O=c1cc2c(nn1CCNS(=O)(=O)Cc1ccc(F)cc1)CCCC2. The normalized spacial score (nSPS) is 14.3. The minimum absolute atomic E-state index is 0.0786. The maximum Gasteiger partial charge on any atom is 0.267 e. The van der Waals surface area contributed by atoms with Gasteiger partial charge >= 0.3 is 0 Å². The molecule has 1 N–H and O–H groups in total. The lowest BCUT2D eigenvalue weighted by atomic mass is 9.97. The summed E-state index contributed by atoms with van der Waals surface area (Å²) in [6.07, 6.45) is 3.86. The number of halogens is 1. The summed E-state index contributed by atoms with van der Waals surface area (Å²) in [5.41, 5.74) is 2.22.